The van der Waals surface area contributed by atoms with Crippen molar-refractivity contribution < 1.29 is 9.59 Å². The Morgan fingerprint density at radius 2 is 1.97 bits per heavy atom. The van der Waals surface area contributed by atoms with E-state index in [1.807, 2.05) is 23.1 Å². The van der Waals surface area contributed by atoms with Gasteiger partial charge in [0.1, 0.15) is 0 Å². The summed E-state index contributed by atoms with van der Waals surface area (Å²) in [4.78, 5) is 33.5. The molecule has 3 heterocycles. The van der Waals surface area contributed by atoms with Gasteiger partial charge < -0.3 is 15.5 Å². The molecule has 1 aromatic rings. The summed E-state index contributed by atoms with van der Waals surface area (Å²) < 4.78 is 0. The van der Waals surface area contributed by atoms with E-state index >= 15 is 0 Å². The zero-order valence-electron chi connectivity index (χ0n) is 17.6. The maximum Gasteiger partial charge on any atom is 0.317 e. The number of nitrogens with zero attached hydrogens (tertiary/aromatic N) is 3. The molecule has 2 saturated heterocycles. The van der Waals surface area contributed by atoms with Crippen LogP contribution in [0.5, 0.6) is 0 Å². The number of unbranched alkanes of at least 4 members (excludes halogenated alkanes) is 1. The first-order valence-electron chi connectivity index (χ1n) is 11.1. The quantitative estimate of drug-likeness (QED) is 0.688. The molecule has 0 aromatic carbocycles. The lowest BCUT2D eigenvalue weighted by Gasteiger charge is -2.42. The van der Waals surface area contributed by atoms with Crippen LogP contribution in [0.4, 0.5) is 4.79 Å². The summed E-state index contributed by atoms with van der Waals surface area (Å²) in [6.07, 6.45) is 7.85. The second kappa shape index (κ2) is 11.1. The van der Waals surface area contributed by atoms with Gasteiger partial charge in [-0.15, -0.1) is 0 Å². The van der Waals surface area contributed by atoms with E-state index in [2.05, 4.69) is 27.4 Å². The van der Waals surface area contributed by atoms with Gasteiger partial charge in [0.05, 0.1) is 18.2 Å². The number of hydrogen-bond donors (Lipinski definition) is 2. The lowest BCUT2D eigenvalue weighted by molar-refractivity contribution is -0.127. The third-order valence-corrected chi connectivity index (χ3v) is 6.07. The van der Waals surface area contributed by atoms with E-state index in [9.17, 15) is 9.59 Å². The van der Waals surface area contributed by atoms with Gasteiger partial charge in [-0.25, -0.2) is 4.79 Å². The molecule has 0 aliphatic carbocycles. The van der Waals surface area contributed by atoms with Crippen LogP contribution in [-0.4, -0.2) is 65.5 Å². The van der Waals surface area contributed by atoms with Gasteiger partial charge in [-0.2, -0.15) is 0 Å². The predicted molar refractivity (Wildman–Crippen MR) is 113 cm³/mol. The van der Waals surface area contributed by atoms with E-state index in [1.165, 1.54) is 0 Å². The predicted octanol–water partition coefficient (Wildman–Crippen LogP) is 2.38. The molecule has 160 valence electrons. The van der Waals surface area contributed by atoms with Gasteiger partial charge in [0.2, 0.25) is 5.91 Å². The molecule has 0 radical (unpaired) electrons. The zero-order valence-corrected chi connectivity index (χ0v) is 17.6. The van der Waals surface area contributed by atoms with E-state index in [1.54, 1.807) is 6.20 Å². The first kappa shape index (κ1) is 21.6. The van der Waals surface area contributed by atoms with Gasteiger partial charge in [0.15, 0.2) is 0 Å². The van der Waals surface area contributed by atoms with Gasteiger partial charge in [-0.05, 0) is 50.8 Å². The number of urea groups is 1. The Kier molecular flexibility index (Phi) is 8.28. The normalized spacial score (nSPS) is 21.0. The Morgan fingerprint density at radius 3 is 2.69 bits per heavy atom. The molecule has 0 bridgehead atoms. The van der Waals surface area contributed by atoms with E-state index in [0.29, 0.717) is 12.6 Å². The molecule has 2 N–H and O–H groups in total. The van der Waals surface area contributed by atoms with Crippen LogP contribution in [-0.2, 0) is 11.3 Å². The van der Waals surface area contributed by atoms with Crippen LogP contribution in [0.15, 0.2) is 24.4 Å². The lowest BCUT2D eigenvalue weighted by atomic mass is 9.93. The van der Waals surface area contributed by atoms with Gasteiger partial charge in [0.25, 0.3) is 0 Å². The van der Waals surface area contributed by atoms with Crippen LogP contribution < -0.4 is 10.6 Å². The molecule has 1 atom stereocenters. The molecule has 0 saturated carbocycles. The molecule has 3 amide bonds. The largest absolute Gasteiger partial charge is 0.350 e. The third kappa shape index (κ3) is 6.42. The highest BCUT2D eigenvalue weighted by molar-refractivity contribution is 5.79. The maximum absolute atomic E-state index is 12.6. The Labute approximate surface area is 174 Å². The summed E-state index contributed by atoms with van der Waals surface area (Å²) in [5, 5.41) is 6.06. The fourth-order valence-electron chi connectivity index (χ4n) is 4.29. The van der Waals surface area contributed by atoms with Crippen LogP contribution in [0.3, 0.4) is 0 Å². The minimum atomic E-state index is 0.0443. The van der Waals surface area contributed by atoms with Crippen molar-refractivity contribution in [2.45, 2.75) is 58.0 Å². The lowest BCUT2D eigenvalue weighted by Crippen LogP contribution is -2.52. The maximum atomic E-state index is 12.6. The van der Waals surface area contributed by atoms with Gasteiger partial charge in [-0.3, -0.25) is 14.7 Å². The molecule has 0 spiro atoms. The minimum Gasteiger partial charge on any atom is -0.350 e. The average Bonchev–Trinajstić information content (AvgIpc) is 2.78. The summed E-state index contributed by atoms with van der Waals surface area (Å²) in [5.41, 5.74) is 0.887. The smallest absolute Gasteiger partial charge is 0.317 e. The first-order valence-corrected chi connectivity index (χ1v) is 11.1. The number of pyridine rings is 1. The zero-order chi connectivity index (χ0) is 20.5. The van der Waals surface area contributed by atoms with Crippen molar-refractivity contribution in [3.8, 4) is 0 Å². The fraction of sp³-hybridized carbons (Fsp3) is 0.682. The number of carbonyl (C=O) groups excluding carboxylic acids is 2. The van der Waals surface area contributed by atoms with Gasteiger partial charge in [0, 0.05) is 38.4 Å². The fourth-order valence-corrected chi connectivity index (χ4v) is 4.29. The standard InChI is InChI=1S/C22H35N5O2/c1-2-3-11-24-22(29)26-14-9-20(10-15-26)27-13-6-7-18(17-27)21(28)25-16-19-8-4-5-12-23-19/h4-5,8,12,18,20H,2-3,6-7,9-11,13-17H2,1H3,(H,24,29)(H,25,28)/t18-/m0/s1. The molecule has 7 nitrogen and oxygen atoms in total. The number of aromatic nitrogens is 1. The van der Waals surface area contributed by atoms with Crippen LogP contribution in [0.25, 0.3) is 0 Å². The van der Waals surface area contributed by atoms with Crippen LogP contribution in [0, 0.1) is 5.92 Å². The first-order chi connectivity index (χ1) is 14.2. The molecule has 2 fully saturated rings. The Balaban J connectivity index is 1.41. The van der Waals surface area contributed by atoms with Gasteiger partial charge in [-0.1, -0.05) is 19.4 Å². The SMILES string of the molecule is CCCCNC(=O)N1CCC(N2CCC[C@H](C(=O)NCc3ccccn3)C2)CC1. The molecule has 29 heavy (non-hydrogen) atoms. The number of amides is 3. The molecule has 1 aromatic heterocycles. The van der Waals surface area contributed by atoms with E-state index in [0.717, 1.165) is 76.9 Å². The summed E-state index contributed by atoms with van der Waals surface area (Å²) >= 11 is 0. The molecule has 2 aliphatic rings. The third-order valence-electron chi connectivity index (χ3n) is 6.07. The van der Waals surface area contributed by atoms with Crippen molar-refractivity contribution in [2.75, 3.05) is 32.7 Å². The van der Waals surface area contributed by atoms with Crippen molar-refractivity contribution >= 4 is 11.9 Å². The van der Waals surface area contributed by atoms with Crippen LogP contribution in [0.1, 0.15) is 51.1 Å². The molecule has 7 heteroatoms. The van der Waals surface area contributed by atoms with Crippen molar-refractivity contribution in [2.24, 2.45) is 5.92 Å². The van der Waals surface area contributed by atoms with Crippen molar-refractivity contribution in [3.05, 3.63) is 30.1 Å². The highest BCUT2D eigenvalue weighted by atomic mass is 16.2. The highest BCUT2D eigenvalue weighted by Gasteiger charge is 2.32. The molecule has 3 rings (SSSR count). The van der Waals surface area contributed by atoms with Crippen molar-refractivity contribution in [3.63, 3.8) is 0 Å². The topological polar surface area (TPSA) is 77.6 Å². The number of carbonyl (C=O) groups is 2. The van der Waals surface area contributed by atoms with Gasteiger partial charge >= 0.3 is 6.03 Å². The number of likely N-dealkylation sites (tertiary alicyclic amines) is 2. The number of rotatable bonds is 7. The monoisotopic (exact) mass is 401 g/mol. The summed E-state index contributed by atoms with van der Waals surface area (Å²) in [7, 11) is 0. The average molecular weight is 402 g/mol. The Hall–Kier alpha value is -2.15. The summed E-state index contributed by atoms with van der Waals surface area (Å²) in [6, 6.07) is 6.29. The molecule has 2 aliphatic heterocycles. The Morgan fingerprint density at radius 1 is 1.14 bits per heavy atom. The summed E-state index contributed by atoms with van der Waals surface area (Å²) in [6.45, 7) is 6.85. The second-order valence-electron chi connectivity index (χ2n) is 8.18. The van der Waals surface area contributed by atoms with E-state index < -0.39 is 0 Å². The van der Waals surface area contributed by atoms with Crippen LogP contribution >= 0.6 is 0 Å². The Bertz CT molecular complexity index is 646. The number of nitrogens with one attached hydrogen (secondary N) is 2. The molecular formula is C22H35N5O2. The second-order valence-corrected chi connectivity index (χ2v) is 8.18. The molecular weight excluding hydrogens is 366 g/mol. The summed E-state index contributed by atoms with van der Waals surface area (Å²) in [5.74, 6) is 0.177. The number of piperidine rings is 2. The van der Waals surface area contributed by atoms with Crippen LogP contribution in [0.2, 0.25) is 0 Å². The van der Waals surface area contributed by atoms with E-state index in [4.69, 9.17) is 0 Å². The van der Waals surface area contributed by atoms with Crippen molar-refractivity contribution in [1.82, 2.24) is 25.4 Å². The highest BCUT2D eigenvalue weighted by Crippen LogP contribution is 2.24. The molecule has 0 unspecified atom stereocenters. The van der Waals surface area contributed by atoms with Crippen molar-refractivity contribution in [1.29, 1.82) is 0 Å². The van der Waals surface area contributed by atoms with E-state index in [-0.39, 0.29) is 17.9 Å². The minimum absolute atomic E-state index is 0.0443. The number of hydrogen-bond acceptors (Lipinski definition) is 4.